The summed E-state index contributed by atoms with van der Waals surface area (Å²) < 4.78 is 0. The van der Waals surface area contributed by atoms with Crippen LogP contribution in [-0.2, 0) is 6.42 Å². The lowest BCUT2D eigenvalue weighted by molar-refractivity contribution is 0.0656. The van der Waals surface area contributed by atoms with E-state index in [2.05, 4.69) is 9.97 Å². The van der Waals surface area contributed by atoms with Crippen molar-refractivity contribution in [1.82, 2.24) is 14.9 Å². The fraction of sp³-hybridized carbons (Fsp3) is 0.111. The molecule has 3 aromatic rings. The van der Waals surface area contributed by atoms with E-state index in [1.165, 1.54) is 4.90 Å². The summed E-state index contributed by atoms with van der Waals surface area (Å²) in [6.07, 6.45) is 4.01. The number of pyridine rings is 1. The monoisotopic (exact) mass is 335 g/mol. The Kier molecular flexibility index (Phi) is 3.66. The number of hydrogen-bond donors (Lipinski definition) is 0. The van der Waals surface area contributed by atoms with Gasteiger partial charge < -0.3 is 0 Å². The average Bonchev–Trinajstić information content (AvgIpc) is 3.19. The minimum atomic E-state index is -0.222. The van der Waals surface area contributed by atoms with E-state index in [0.717, 1.165) is 16.3 Å². The maximum Gasteiger partial charge on any atom is 0.261 e. The van der Waals surface area contributed by atoms with Crippen molar-refractivity contribution in [2.45, 2.75) is 6.42 Å². The molecule has 0 atom stereocenters. The SMILES string of the molecule is O=C1c2ccccc2C(=O)N1CCc1csc(-c2ccncc2)n1. The fourth-order valence-corrected chi connectivity index (χ4v) is 3.58. The first-order chi connectivity index (χ1) is 11.7. The zero-order valence-corrected chi connectivity index (χ0v) is 13.5. The number of hydrogen-bond acceptors (Lipinski definition) is 5. The molecule has 3 heterocycles. The van der Waals surface area contributed by atoms with Crippen molar-refractivity contribution in [3.05, 3.63) is 71.0 Å². The standard InChI is InChI=1S/C18H13N3O2S/c22-17-14-3-1-2-4-15(14)18(23)21(17)10-7-13-11-24-16(20-13)12-5-8-19-9-6-12/h1-6,8-9,11H,7,10H2. The second kappa shape index (κ2) is 5.98. The number of amides is 2. The number of aromatic nitrogens is 2. The lowest BCUT2D eigenvalue weighted by Gasteiger charge is -2.12. The molecule has 24 heavy (non-hydrogen) atoms. The number of carbonyl (C=O) groups is 2. The Bertz CT molecular complexity index is 886. The Morgan fingerprint density at radius 2 is 1.62 bits per heavy atom. The predicted molar refractivity (Wildman–Crippen MR) is 90.9 cm³/mol. The first kappa shape index (κ1) is 14.7. The second-order valence-electron chi connectivity index (χ2n) is 5.44. The molecule has 0 radical (unpaired) electrons. The van der Waals surface area contributed by atoms with Crippen LogP contribution in [0.1, 0.15) is 26.4 Å². The summed E-state index contributed by atoms with van der Waals surface area (Å²) in [5.41, 5.74) is 2.86. The van der Waals surface area contributed by atoms with Crippen LogP contribution >= 0.6 is 11.3 Å². The highest BCUT2D eigenvalue weighted by molar-refractivity contribution is 7.13. The Labute approximate surface area is 142 Å². The van der Waals surface area contributed by atoms with Gasteiger partial charge in [-0.2, -0.15) is 0 Å². The molecular formula is C18H13N3O2S. The van der Waals surface area contributed by atoms with E-state index < -0.39 is 0 Å². The third-order valence-electron chi connectivity index (χ3n) is 3.95. The number of carbonyl (C=O) groups excluding carboxylic acids is 2. The molecular weight excluding hydrogens is 322 g/mol. The summed E-state index contributed by atoms with van der Waals surface area (Å²) in [5.74, 6) is -0.444. The topological polar surface area (TPSA) is 63.2 Å². The molecule has 118 valence electrons. The molecule has 0 bridgehead atoms. The van der Waals surface area contributed by atoms with Gasteiger partial charge >= 0.3 is 0 Å². The third-order valence-corrected chi connectivity index (χ3v) is 4.89. The summed E-state index contributed by atoms with van der Waals surface area (Å²) in [4.78, 5) is 34.6. The van der Waals surface area contributed by atoms with Crippen molar-refractivity contribution < 1.29 is 9.59 Å². The molecule has 5 nitrogen and oxygen atoms in total. The normalized spacial score (nSPS) is 13.4. The highest BCUT2D eigenvalue weighted by atomic mass is 32.1. The fourth-order valence-electron chi connectivity index (χ4n) is 2.72. The van der Waals surface area contributed by atoms with Crippen LogP contribution in [0.4, 0.5) is 0 Å². The molecule has 0 saturated heterocycles. The molecule has 0 N–H and O–H groups in total. The van der Waals surface area contributed by atoms with Gasteiger partial charge in [0.05, 0.1) is 16.8 Å². The van der Waals surface area contributed by atoms with Crippen LogP contribution in [0.25, 0.3) is 10.6 Å². The van der Waals surface area contributed by atoms with E-state index in [0.29, 0.717) is 24.1 Å². The second-order valence-corrected chi connectivity index (χ2v) is 6.30. The zero-order chi connectivity index (χ0) is 16.5. The summed E-state index contributed by atoms with van der Waals surface area (Å²) in [6.45, 7) is 0.339. The molecule has 0 spiro atoms. The summed E-state index contributed by atoms with van der Waals surface area (Å²) in [6, 6.07) is 10.8. The number of rotatable bonds is 4. The Hall–Kier alpha value is -2.86. The van der Waals surface area contributed by atoms with Crippen LogP contribution in [0.5, 0.6) is 0 Å². The van der Waals surface area contributed by atoms with Crippen molar-refractivity contribution in [2.24, 2.45) is 0 Å². The Morgan fingerprint density at radius 1 is 0.958 bits per heavy atom. The van der Waals surface area contributed by atoms with Gasteiger partial charge in [-0.05, 0) is 24.3 Å². The number of imide groups is 1. The summed E-state index contributed by atoms with van der Waals surface area (Å²) in [5, 5.41) is 2.88. The number of thiazole rings is 1. The van der Waals surface area contributed by atoms with Crippen molar-refractivity contribution in [1.29, 1.82) is 0 Å². The van der Waals surface area contributed by atoms with Crippen LogP contribution in [0.15, 0.2) is 54.2 Å². The van der Waals surface area contributed by atoms with E-state index in [1.807, 2.05) is 17.5 Å². The van der Waals surface area contributed by atoms with E-state index >= 15 is 0 Å². The van der Waals surface area contributed by atoms with Gasteiger partial charge in [0, 0.05) is 36.3 Å². The molecule has 0 fully saturated rings. The molecule has 1 aliphatic rings. The molecule has 6 heteroatoms. The highest BCUT2D eigenvalue weighted by Gasteiger charge is 2.34. The number of nitrogens with zero attached hydrogens (tertiary/aromatic N) is 3. The minimum absolute atomic E-state index is 0.222. The van der Waals surface area contributed by atoms with E-state index in [9.17, 15) is 9.59 Å². The lowest BCUT2D eigenvalue weighted by atomic mass is 10.1. The van der Waals surface area contributed by atoms with Gasteiger partial charge in [-0.25, -0.2) is 4.98 Å². The van der Waals surface area contributed by atoms with Crippen LogP contribution in [0, 0.1) is 0 Å². The van der Waals surface area contributed by atoms with Crippen molar-refractivity contribution in [3.8, 4) is 10.6 Å². The Balaban J connectivity index is 1.48. The quantitative estimate of drug-likeness (QED) is 0.688. The Morgan fingerprint density at radius 3 is 2.29 bits per heavy atom. The van der Waals surface area contributed by atoms with E-state index in [4.69, 9.17) is 0 Å². The maximum absolute atomic E-state index is 12.3. The predicted octanol–water partition coefficient (Wildman–Crippen LogP) is 3.04. The van der Waals surface area contributed by atoms with Gasteiger partial charge in [0.2, 0.25) is 0 Å². The minimum Gasteiger partial charge on any atom is -0.274 e. The smallest absolute Gasteiger partial charge is 0.261 e. The van der Waals surface area contributed by atoms with Crippen LogP contribution in [-0.4, -0.2) is 33.2 Å². The molecule has 2 amide bonds. The molecule has 0 saturated carbocycles. The largest absolute Gasteiger partial charge is 0.274 e. The van der Waals surface area contributed by atoms with Crippen LogP contribution < -0.4 is 0 Å². The summed E-state index contributed by atoms with van der Waals surface area (Å²) in [7, 11) is 0. The van der Waals surface area contributed by atoms with E-state index in [-0.39, 0.29) is 11.8 Å². The highest BCUT2D eigenvalue weighted by Crippen LogP contribution is 2.25. The molecule has 1 aliphatic heterocycles. The number of fused-ring (bicyclic) bond motifs is 1. The van der Waals surface area contributed by atoms with Crippen molar-refractivity contribution >= 4 is 23.2 Å². The van der Waals surface area contributed by atoms with Gasteiger partial charge in [0.25, 0.3) is 11.8 Å². The zero-order valence-electron chi connectivity index (χ0n) is 12.7. The molecule has 2 aromatic heterocycles. The first-order valence-corrected chi connectivity index (χ1v) is 8.42. The lowest BCUT2D eigenvalue weighted by Crippen LogP contribution is -2.31. The van der Waals surface area contributed by atoms with Crippen LogP contribution in [0.3, 0.4) is 0 Å². The molecule has 4 rings (SSSR count). The van der Waals surface area contributed by atoms with Gasteiger partial charge in [-0.15, -0.1) is 11.3 Å². The first-order valence-electron chi connectivity index (χ1n) is 7.54. The van der Waals surface area contributed by atoms with Crippen molar-refractivity contribution in [2.75, 3.05) is 6.54 Å². The summed E-state index contributed by atoms with van der Waals surface area (Å²) >= 11 is 1.55. The van der Waals surface area contributed by atoms with Gasteiger partial charge in [0.15, 0.2) is 0 Å². The van der Waals surface area contributed by atoms with E-state index in [1.54, 1.807) is 48.0 Å². The van der Waals surface area contributed by atoms with Gasteiger partial charge in [0.1, 0.15) is 5.01 Å². The number of benzene rings is 1. The van der Waals surface area contributed by atoms with Gasteiger partial charge in [-0.1, -0.05) is 12.1 Å². The maximum atomic E-state index is 12.3. The van der Waals surface area contributed by atoms with Crippen LogP contribution in [0.2, 0.25) is 0 Å². The molecule has 1 aromatic carbocycles. The van der Waals surface area contributed by atoms with Crippen molar-refractivity contribution in [3.63, 3.8) is 0 Å². The molecule has 0 aliphatic carbocycles. The van der Waals surface area contributed by atoms with Gasteiger partial charge in [-0.3, -0.25) is 19.5 Å². The third kappa shape index (κ3) is 2.51. The molecule has 0 unspecified atom stereocenters. The average molecular weight is 335 g/mol.